The lowest BCUT2D eigenvalue weighted by Gasteiger charge is -2.21. The van der Waals surface area contributed by atoms with E-state index in [-0.39, 0.29) is 0 Å². The molecule has 0 saturated heterocycles. The third-order valence-electron chi connectivity index (χ3n) is 9.61. The van der Waals surface area contributed by atoms with Crippen LogP contribution in [0.5, 0.6) is 0 Å². The second-order valence-corrected chi connectivity index (χ2v) is 12.7. The number of benzene rings is 6. The fraction of sp³-hybridized carbons (Fsp3) is 0. The molecule has 0 aliphatic carbocycles. The van der Waals surface area contributed by atoms with Crippen LogP contribution in [0.2, 0.25) is 0 Å². The van der Waals surface area contributed by atoms with Crippen LogP contribution in [0.15, 0.2) is 182 Å². The van der Waals surface area contributed by atoms with Crippen molar-refractivity contribution in [2.24, 2.45) is 0 Å². The predicted octanol–water partition coefficient (Wildman–Crippen LogP) is 8.37. The zero-order chi connectivity index (χ0) is 34.7. The monoisotopic (exact) mass is 668 g/mol. The van der Waals surface area contributed by atoms with Crippen LogP contribution in [-0.2, 0) is 0 Å². The van der Waals surface area contributed by atoms with E-state index in [0.29, 0.717) is 0 Å². The number of aromatic amines is 3. The van der Waals surface area contributed by atoms with Crippen molar-refractivity contribution in [3.8, 4) is 67.5 Å². The van der Waals surface area contributed by atoms with Crippen LogP contribution in [0.1, 0.15) is 0 Å². The van der Waals surface area contributed by atoms with E-state index in [2.05, 4.69) is 161 Å². The summed E-state index contributed by atoms with van der Waals surface area (Å²) in [6, 6.07) is 62.7. The Hall–Kier alpha value is -6.99. The van der Waals surface area contributed by atoms with Crippen LogP contribution >= 0.6 is 0 Å². The molecule has 0 fully saturated rings. The van der Waals surface area contributed by atoms with Crippen molar-refractivity contribution < 1.29 is 0 Å². The molecule has 0 aliphatic heterocycles. The lowest BCUT2D eigenvalue weighted by Crippen LogP contribution is -2.55. The molecular weight excluding hydrogens is 635 g/mol. The zero-order valence-electron chi connectivity index (χ0n) is 28.2. The molecule has 3 heterocycles. The Balaban J connectivity index is 1.47. The molecule has 7 heteroatoms. The van der Waals surface area contributed by atoms with Crippen molar-refractivity contribution in [1.29, 1.82) is 0 Å². The van der Waals surface area contributed by atoms with E-state index in [4.69, 9.17) is 15.3 Å². The molecule has 0 bridgehead atoms. The lowest BCUT2D eigenvalue weighted by molar-refractivity contribution is 1.10. The Morgan fingerprint density at radius 1 is 0.269 bits per heavy atom. The standard InChI is InChI=1S/C45H33BN6/c1-7-19-31(20-8-1)40-37(41(48-47-40)32-21-9-2-10-22-32)46(38-42(33-23-11-3-12-24-33)49-50-43(38)34-25-13-4-14-26-34)39-44(35-27-15-5-16-28-35)51-52-45(39)36-29-17-6-18-30-36/h1-30H,(H,47,48)(H,49,50)(H,51,52). The van der Waals surface area contributed by atoms with Gasteiger partial charge in [0.25, 0.3) is 6.71 Å². The average Bonchev–Trinajstić information content (AvgIpc) is 3.99. The van der Waals surface area contributed by atoms with Gasteiger partial charge < -0.3 is 0 Å². The van der Waals surface area contributed by atoms with Crippen molar-refractivity contribution >= 4 is 23.1 Å². The Labute approximate surface area is 302 Å². The van der Waals surface area contributed by atoms with Crippen LogP contribution in [0.25, 0.3) is 67.5 Å². The molecule has 0 unspecified atom stereocenters. The summed E-state index contributed by atoms with van der Waals surface area (Å²) in [6.07, 6.45) is 0. The molecule has 6 aromatic carbocycles. The number of nitrogens with zero attached hydrogens (tertiary/aromatic N) is 3. The highest BCUT2D eigenvalue weighted by Crippen LogP contribution is 2.31. The van der Waals surface area contributed by atoms with Gasteiger partial charge in [-0.25, -0.2) is 0 Å². The summed E-state index contributed by atoms with van der Waals surface area (Å²) in [5.74, 6) is 0. The summed E-state index contributed by atoms with van der Waals surface area (Å²) < 4.78 is 0. The highest BCUT2D eigenvalue weighted by Gasteiger charge is 2.40. The van der Waals surface area contributed by atoms with E-state index < -0.39 is 6.71 Å². The van der Waals surface area contributed by atoms with Crippen LogP contribution in [0.4, 0.5) is 0 Å². The summed E-state index contributed by atoms with van der Waals surface area (Å²) in [7, 11) is 0. The highest BCUT2D eigenvalue weighted by atomic mass is 15.1. The van der Waals surface area contributed by atoms with Crippen LogP contribution in [0, 0.1) is 0 Å². The van der Waals surface area contributed by atoms with Gasteiger partial charge in [0.15, 0.2) is 0 Å². The van der Waals surface area contributed by atoms with Gasteiger partial charge in [-0.2, -0.15) is 15.3 Å². The minimum Gasteiger partial charge on any atom is -0.278 e. The van der Waals surface area contributed by atoms with E-state index in [1.807, 2.05) is 36.4 Å². The molecular formula is C45H33BN6. The maximum Gasteiger partial charge on any atom is 0.258 e. The van der Waals surface area contributed by atoms with Gasteiger partial charge in [0, 0.05) is 16.7 Å². The molecule has 3 aromatic heterocycles. The minimum absolute atomic E-state index is 0.419. The van der Waals surface area contributed by atoms with Crippen molar-refractivity contribution in [2.75, 3.05) is 0 Å². The zero-order valence-corrected chi connectivity index (χ0v) is 28.2. The second kappa shape index (κ2) is 13.7. The first-order chi connectivity index (χ1) is 25.8. The SMILES string of the molecule is c1ccc(-c2n[nH]c(-c3ccccc3)c2B(c2c(-c3ccccc3)n[nH]c2-c2ccccc2)c2c(-c3ccccc3)n[nH]c2-c2ccccc2)cc1. The fourth-order valence-corrected chi connectivity index (χ4v) is 7.25. The van der Waals surface area contributed by atoms with E-state index in [9.17, 15) is 0 Å². The van der Waals surface area contributed by atoms with Crippen LogP contribution < -0.4 is 16.4 Å². The predicted molar refractivity (Wildman–Crippen MR) is 213 cm³/mol. The normalized spacial score (nSPS) is 11.1. The molecule has 0 spiro atoms. The molecule has 0 radical (unpaired) electrons. The largest absolute Gasteiger partial charge is 0.278 e. The molecule has 9 rings (SSSR count). The summed E-state index contributed by atoms with van der Waals surface area (Å²) in [6.45, 7) is -0.419. The van der Waals surface area contributed by atoms with E-state index >= 15 is 0 Å². The summed E-state index contributed by atoms with van der Waals surface area (Å²) in [4.78, 5) is 0. The smallest absolute Gasteiger partial charge is 0.258 e. The van der Waals surface area contributed by atoms with E-state index in [1.165, 1.54) is 0 Å². The number of rotatable bonds is 9. The van der Waals surface area contributed by atoms with Gasteiger partial charge in [0.1, 0.15) is 0 Å². The van der Waals surface area contributed by atoms with Crippen LogP contribution in [0.3, 0.4) is 0 Å². The van der Waals surface area contributed by atoms with Gasteiger partial charge in [-0.15, -0.1) is 0 Å². The molecule has 52 heavy (non-hydrogen) atoms. The number of hydrogen-bond acceptors (Lipinski definition) is 3. The molecule has 6 nitrogen and oxygen atoms in total. The van der Waals surface area contributed by atoms with Gasteiger partial charge in [-0.1, -0.05) is 182 Å². The maximum atomic E-state index is 5.13. The number of hydrogen-bond donors (Lipinski definition) is 3. The summed E-state index contributed by atoms with van der Waals surface area (Å²) in [5.41, 5.74) is 14.6. The van der Waals surface area contributed by atoms with E-state index in [0.717, 1.165) is 83.9 Å². The van der Waals surface area contributed by atoms with Gasteiger partial charge in [0.2, 0.25) is 0 Å². The van der Waals surface area contributed by atoms with Gasteiger partial charge >= 0.3 is 0 Å². The first-order valence-corrected chi connectivity index (χ1v) is 17.4. The fourth-order valence-electron chi connectivity index (χ4n) is 7.25. The van der Waals surface area contributed by atoms with Crippen molar-refractivity contribution in [2.45, 2.75) is 0 Å². The first kappa shape index (κ1) is 31.0. The highest BCUT2D eigenvalue weighted by molar-refractivity contribution is 7.00. The molecule has 0 amide bonds. The van der Waals surface area contributed by atoms with Crippen molar-refractivity contribution in [3.05, 3.63) is 182 Å². The Kier molecular flexibility index (Phi) is 8.19. The molecule has 9 aromatic rings. The number of aromatic nitrogens is 6. The Morgan fingerprint density at radius 2 is 0.481 bits per heavy atom. The molecule has 0 atom stereocenters. The van der Waals surface area contributed by atoms with Crippen molar-refractivity contribution in [1.82, 2.24) is 30.6 Å². The first-order valence-electron chi connectivity index (χ1n) is 17.4. The lowest BCUT2D eigenvalue weighted by atomic mass is 9.34. The van der Waals surface area contributed by atoms with Gasteiger partial charge in [-0.3, -0.25) is 15.3 Å². The van der Waals surface area contributed by atoms with Gasteiger partial charge in [0.05, 0.1) is 34.2 Å². The van der Waals surface area contributed by atoms with Gasteiger partial charge in [-0.05, 0) is 33.1 Å². The molecule has 3 N–H and O–H groups in total. The van der Waals surface area contributed by atoms with Crippen molar-refractivity contribution in [3.63, 3.8) is 0 Å². The quantitative estimate of drug-likeness (QED) is 0.135. The number of H-pyrrole nitrogens is 3. The topological polar surface area (TPSA) is 86.0 Å². The van der Waals surface area contributed by atoms with E-state index in [1.54, 1.807) is 0 Å². The minimum atomic E-state index is -0.419. The summed E-state index contributed by atoms with van der Waals surface area (Å²) >= 11 is 0. The number of nitrogens with one attached hydrogen (secondary N) is 3. The maximum absolute atomic E-state index is 5.13. The Morgan fingerprint density at radius 3 is 0.712 bits per heavy atom. The van der Waals surface area contributed by atoms with Crippen LogP contribution in [-0.4, -0.2) is 37.3 Å². The third-order valence-corrected chi connectivity index (χ3v) is 9.61. The molecule has 246 valence electrons. The second-order valence-electron chi connectivity index (χ2n) is 12.7. The Bertz CT molecular complexity index is 2090. The molecule has 0 saturated carbocycles. The summed E-state index contributed by atoms with van der Waals surface area (Å²) in [5, 5.41) is 25.9. The third kappa shape index (κ3) is 5.64. The average molecular weight is 669 g/mol. The molecule has 0 aliphatic rings.